The molecule has 1 aliphatic heterocycles. The summed E-state index contributed by atoms with van der Waals surface area (Å²) in [7, 11) is 0. The predicted octanol–water partition coefficient (Wildman–Crippen LogP) is 4.08. The molecule has 4 rings (SSSR count). The Labute approximate surface area is 186 Å². The summed E-state index contributed by atoms with van der Waals surface area (Å²) in [6, 6.07) is 25.9. The maximum atomic E-state index is 13.3. The Bertz CT molecular complexity index is 1170. The zero-order valence-corrected chi connectivity index (χ0v) is 17.7. The molecule has 160 valence electrons. The predicted molar refractivity (Wildman–Crippen MR) is 125 cm³/mol. The molecule has 0 unspecified atom stereocenters. The van der Waals surface area contributed by atoms with Gasteiger partial charge in [-0.3, -0.25) is 19.3 Å². The molecule has 0 aromatic heterocycles. The molecular weight excluding hydrogens is 402 g/mol. The average Bonchev–Trinajstić information content (AvgIpc) is 3.03. The summed E-state index contributed by atoms with van der Waals surface area (Å²) in [4.78, 5) is 39.2. The van der Waals surface area contributed by atoms with Crippen LogP contribution in [-0.4, -0.2) is 29.2 Å². The van der Waals surface area contributed by atoms with E-state index in [0.29, 0.717) is 23.2 Å². The zero-order valence-electron chi connectivity index (χ0n) is 17.7. The molecule has 3 amide bonds. The molecular formula is C26H23N3O3. The van der Waals surface area contributed by atoms with E-state index < -0.39 is 0 Å². The largest absolute Gasteiger partial charge is 0.350 e. The molecule has 1 heterocycles. The Morgan fingerprint density at radius 2 is 1.41 bits per heavy atom. The van der Waals surface area contributed by atoms with Gasteiger partial charge in [-0.2, -0.15) is 0 Å². The quantitative estimate of drug-likeness (QED) is 0.559. The van der Waals surface area contributed by atoms with Gasteiger partial charge in [-0.25, -0.2) is 0 Å². The van der Waals surface area contributed by atoms with Crippen LogP contribution < -0.4 is 10.6 Å². The molecule has 0 saturated heterocycles. The highest BCUT2D eigenvalue weighted by molar-refractivity contribution is 6.36. The topological polar surface area (TPSA) is 78.5 Å². The number of carbonyl (C=O) groups excluding carboxylic acids is 3. The third kappa shape index (κ3) is 4.59. The molecule has 3 aromatic rings. The number of benzene rings is 3. The van der Waals surface area contributed by atoms with Gasteiger partial charge in [0.05, 0.1) is 5.57 Å². The average molecular weight is 425 g/mol. The van der Waals surface area contributed by atoms with Gasteiger partial charge in [-0.05, 0) is 41.8 Å². The van der Waals surface area contributed by atoms with Crippen LogP contribution in [0.25, 0.3) is 5.57 Å². The van der Waals surface area contributed by atoms with Gasteiger partial charge in [-0.1, -0.05) is 60.7 Å². The number of para-hydroxylation sites is 1. The van der Waals surface area contributed by atoms with Gasteiger partial charge in [0.1, 0.15) is 5.70 Å². The highest BCUT2D eigenvalue weighted by atomic mass is 16.2. The van der Waals surface area contributed by atoms with Crippen molar-refractivity contribution in [2.45, 2.75) is 13.3 Å². The number of imide groups is 1. The summed E-state index contributed by atoms with van der Waals surface area (Å²) < 4.78 is 0. The van der Waals surface area contributed by atoms with Crippen molar-refractivity contribution >= 4 is 34.7 Å². The van der Waals surface area contributed by atoms with E-state index in [4.69, 9.17) is 0 Å². The van der Waals surface area contributed by atoms with E-state index in [1.807, 2.05) is 60.7 Å². The first-order valence-electron chi connectivity index (χ1n) is 10.4. The maximum Gasteiger partial charge on any atom is 0.278 e. The lowest BCUT2D eigenvalue weighted by Gasteiger charge is -2.15. The van der Waals surface area contributed by atoms with Crippen molar-refractivity contribution in [1.82, 2.24) is 4.90 Å². The van der Waals surface area contributed by atoms with Gasteiger partial charge < -0.3 is 10.6 Å². The van der Waals surface area contributed by atoms with Crippen LogP contribution in [0.2, 0.25) is 0 Å². The Balaban J connectivity index is 1.65. The lowest BCUT2D eigenvalue weighted by atomic mass is 10.0. The van der Waals surface area contributed by atoms with Gasteiger partial charge >= 0.3 is 0 Å². The highest BCUT2D eigenvalue weighted by Gasteiger charge is 2.38. The molecule has 0 fully saturated rings. The molecule has 6 nitrogen and oxygen atoms in total. The van der Waals surface area contributed by atoms with E-state index in [1.54, 1.807) is 24.3 Å². The fourth-order valence-electron chi connectivity index (χ4n) is 3.64. The van der Waals surface area contributed by atoms with Gasteiger partial charge in [-0.15, -0.1) is 0 Å². The molecule has 32 heavy (non-hydrogen) atoms. The van der Waals surface area contributed by atoms with Crippen LogP contribution in [0, 0.1) is 0 Å². The third-order valence-corrected chi connectivity index (χ3v) is 5.17. The summed E-state index contributed by atoms with van der Waals surface area (Å²) in [5, 5.41) is 5.85. The molecule has 0 radical (unpaired) electrons. The number of hydrogen-bond donors (Lipinski definition) is 2. The van der Waals surface area contributed by atoms with Gasteiger partial charge in [0.15, 0.2) is 0 Å². The molecule has 0 spiro atoms. The van der Waals surface area contributed by atoms with Gasteiger partial charge in [0.2, 0.25) is 5.91 Å². The first-order chi connectivity index (χ1) is 15.5. The molecule has 0 aliphatic carbocycles. The lowest BCUT2D eigenvalue weighted by Crippen LogP contribution is -2.34. The number of anilines is 2. The van der Waals surface area contributed by atoms with Crippen LogP contribution in [0.1, 0.15) is 18.1 Å². The van der Waals surface area contributed by atoms with Gasteiger partial charge in [0.25, 0.3) is 11.8 Å². The Morgan fingerprint density at radius 3 is 2.03 bits per heavy atom. The number of nitrogens with one attached hydrogen (secondary N) is 2. The molecule has 2 N–H and O–H groups in total. The fourth-order valence-corrected chi connectivity index (χ4v) is 3.64. The summed E-state index contributed by atoms with van der Waals surface area (Å²) in [5.74, 6) is -0.866. The van der Waals surface area contributed by atoms with Gasteiger partial charge in [0, 0.05) is 24.8 Å². The number of carbonyl (C=O) groups is 3. The molecule has 1 aliphatic rings. The second-order valence-electron chi connectivity index (χ2n) is 7.50. The van der Waals surface area contributed by atoms with E-state index in [9.17, 15) is 14.4 Å². The van der Waals surface area contributed by atoms with Crippen molar-refractivity contribution in [2.24, 2.45) is 0 Å². The zero-order chi connectivity index (χ0) is 22.5. The minimum atomic E-state index is -0.351. The summed E-state index contributed by atoms with van der Waals surface area (Å²) >= 11 is 0. The van der Waals surface area contributed by atoms with Crippen LogP contribution >= 0.6 is 0 Å². The first kappa shape index (κ1) is 21.1. The van der Waals surface area contributed by atoms with E-state index >= 15 is 0 Å². The van der Waals surface area contributed by atoms with Crippen LogP contribution in [-0.2, 0) is 20.8 Å². The SMILES string of the molecule is CC(=O)Nc1ccc(C2=C(Nc3ccccc3)C(=O)N(CCc3ccccc3)C2=O)cc1. The summed E-state index contributed by atoms with van der Waals surface area (Å²) in [5.41, 5.74) is 3.58. The normalized spacial score (nSPS) is 13.5. The summed E-state index contributed by atoms with van der Waals surface area (Å²) in [6.07, 6.45) is 0.575. The van der Waals surface area contributed by atoms with Crippen molar-refractivity contribution in [3.63, 3.8) is 0 Å². The van der Waals surface area contributed by atoms with Crippen molar-refractivity contribution in [2.75, 3.05) is 17.2 Å². The Hall–Kier alpha value is -4.19. The third-order valence-electron chi connectivity index (χ3n) is 5.17. The van der Waals surface area contributed by atoms with Crippen LogP contribution in [0.15, 0.2) is 90.6 Å². The van der Waals surface area contributed by atoms with Crippen LogP contribution in [0.5, 0.6) is 0 Å². The monoisotopic (exact) mass is 425 g/mol. The van der Waals surface area contributed by atoms with Crippen LogP contribution in [0.4, 0.5) is 11.4 Å². The number of amides is 3. The van der Waals surface area contributed by atoms with Crippen LogP contribution in [0.3, 0.4) is 0 Å². The molecule has 0 saturated carbocycles. The molecule has 6 heteroatoms. The van der Waals surface area contributed by atoms with Crippen molar-refractivity contribution in [3.05, 3.63) is 102 Å². The second kappa shape index (κ2) is 9.31. The second-order valence-corrected chi connectivity index (χ2v) is 7.50. The first-order valence-corrected chi connectivity index (χ1v) is 10.4. The van der Waals surface area contributed by atoms with Crippen molar-refractivity contribution < 1.29 is 14.4 Å². The van der Waals surface area contributed by atoms with E-state index in [1.165, 1.54) is 11.8 Å². The molecule has 0 bridgehead atoms. The van der Waals surface area contributed by atoms with E-state index in [2.05, 4.69) is 10.6 Å². The Morgan fingerprint density at radius 1 is 0.781 bits per heavy atom. The summed E-state index contributed by atoms with van der Waals surface area (Å²) in [6.45, 7) is 1.72. The number of rotatable bonds is 7. The number of hydrogen-bond acceptors (Lipinski definition) is 4. The van der Waals surface area contributed by atoms with Crippen molar-refractivity contribution in [1.29, 1.82) is 0 Å². The van der Waals surface area contributed by atoms with Crippen molar-refractivity contribution in [3.8, 4) is 0 Å². The smallest absolute Gasteiger partial charge is 0.278 e. The maximum absolute atomic E-state index is 13.3. The standard InChI is InChI=1S/C26H23N3O3/c1-18(30)27-22-14-12-20(13-15-22)23-24(28-21-10-6-3-7-11-21)26(32)29(25(23)31)17-16-19-8-4-2-5-9-19/h2-15,28H,16-17H2,1H3,(H,27,30). The minimum absolute atomic E-state index is 0.178. The Kier molecular flexibility index (Phi) is 6.12. The van der Waals surface area contributed by atoms with E-state index in [0.717, 1.165) is 11.3 Å². The molecule has 3 aromatic carbocycles. The minimum Gasteiger partial charge on any atom is -0.350 e. The lowest BCUT2D eigenvalue weighted by molar-refractivity contribution is -0.136. The number of nitrogens with zero attached hydrogens (tertiary/aromatic N) is 1. The van der Waals surface area contributed by atoms with E-state index in [-0.39, 0.29) is 30.0 Å². The fraction of sp³-hybridized carbons (Fsp3) is 0.115. The molecule has 0 atom stereocenters. The highest BCUT2D eigenvalue weighted by Crippen LogP contribution is 2.31.